The van der Waals surface area contributed by atoms with Crippen molar-refractivity contribution in [3.63, 3.8) is 0 Å². The molecule has 21 heavy (non-hydrogen) atoms. The second-order valence-electron chi connectivity index (χ2n) is 5.90. The summed E-state index contributed by atoms with van der Waals surface area (Å²) in [5, 5.41) is 3.41. The predicted octanol–water partition coefficient (Wildman–Crippen LogP) is 2.28. The predicted molar refractivity (Wildman–Crippen MR) is 75.5 cm³/mol. The third-order valence-electron chi connectivity index (χ3n) is 4.13. The molecule has 0 bridgehead atoms. The number of ether oxygens (including phenoxy) is 2. The van der Waals surface area contributed by atoms with E-state index in [9.17, 15) is 9.18 Å². The lowest BCUT2D eigenvalue weighted by Gasteiger charge is -2.32. The summed E-state index contributed by atoms with van der Waals surface area (Å²) < 4.78 is 23.9. The number of esters is 1. The highest BCUT2D eigenvalue weighted by Crippen LogP contribution is 2.42. The Balaban J connectivity index is 1.75. The molecule has 1 aromatic carbocycles. The molecule has 1 atom stereocenters. The van der Waals surface area contributed by atoms with Crippen molar-refractivity contribution >= 4 is 5.97 Å². The highest BCUT2D eigenvalue weighted by atomic mass is 19.1. The van der Waals surface area contributed by atoms with E-state index in [1.807, 2.05) is 0 Å². The summed E-state index contributed by atoms with van der Waals surface area (Å²) in [6.45, 7) is 0.171. The first kappa shape index (κ1) is 14.3. The van der Waals surface area contributed by atoms with Crippen LogP contribution in [-0.4, -0.2) is 31.3 Å². The van der Waals surface area contributed by atoms with Crippen molar-refractivity contribution in [3.05, 3.63) is 30.1 Å². The summed E-state index contributed by atoms with van der Waals surface area (Å²) in [5.74, 6) is 0.0340. The Morgan fingerprint density at radius 3 is 2.71 bits per heavy atom. The van der Waals surface area contributed by atoms with Gasteiger partial charge in [0.1, 0.15) is 18.2 Å². The zero-order chi connectivity index (χ0) is 14.9. The van der Waals surface area contributed by atoms with Gasteiger partial charge >= 0.3 is 5.97 Å². The van der Waals surface area contributed by atoms with E-state index in [0.29, 0.717) is 11.8 Å². The summed E-state index contributed by atoms with van der Waals surface area (Å²) in [7, 11) is 1.40. The van der Waals surface area contributed by atoms with Gasteiger partial charge in [0.2, 0.25) is 0 Å². The van der Waals surface area contributed by atoms with Gasteiger partial charge in [0.05, 0.1) is 7.11 Å². The Kier molecular flexibility index (Phi) is 3.85. The largest absolute Gasteiger partial charge is 0.491 e. The molecular formula is C16H20FNO3. The molecule has 1 aromatic rings. The van der Waals surface area contributed by atoms with Crippen molar-refractivity contribution in [2.75, 3.05) is 13.7 Å². The molecule has 2 aliphatic rings. The molecule has 0 radical (unpaired) electrons. The number of hydrogen-bond acceptors (Lipinski definition) is 4. The molecule has 1 unspecified atom stereocenters. The molecule has 2 saturated carbocycles. The van der Waals surface area contributed by atoms with Gasteiger partial charge in [-0.2, -0.15) is 0 Å². The quantitative estimate of drug-likeness (QED) is 0.784. The molecule has 0 amide bonds. The highest BCUT2D eigenvalue weighted by molar-refractivity contribution is 5.82. The molecule has 114 valence electrons. The topological polar surface area (TPSA) is 47.6 Å². The van der Waals surface area contributed by atoms with E-state index < -0.39 is 5.54 Å². The van der Waals surface area contributed by atoms with Crippen LogP contribution in [0.25, 0.3) is 0 Å². The van der Waals surface area contributed by atoms with Crippen LogP contribution in [0.4, 0.5) is 4.39 Å². The van der Waals surface area contributed by atoms with Gasteiger partial charge in [-0.05, 0) is 43.7 Å². The van der Waals surface area contributed by atoms with Crippen LogP contribution in [0, 0.1) is 11.7 Å². The Labute approximate surface area is 123 Å². The number of methoxy groups -OCH3 is 1. The molecule has 1 N–H and O–H groups in total. The van der Waals surface area contributed by atoms with E-state index in [2.05, 4.69) is 5.32 Å². The molecule has 2 fully saturated rings. The van der Waals surface area contributed by atoms with E-state index in [-0.39, 0.29) is 24.3 Å². The van der Waals surface area contributed by atoms with Crippen LogP contribution in [0.2, 0.25) is 0 Å². The van der Waals surface area contributed by atoms with Crippen LogP contribution in [0.5, 0.6) is 5.75 Å². The van der Waals surface area contributed by atoms with Gasteiger partial charge in [-0.1, -0.05) is 6.07 Å². The maximum Gasteiger partial charge on any atom is 0.329 e. The van der Waals surface area contributed by atoms with Crippen LogP contribution in [0.1, 0.15) is 25.7 Å². The number of rotatable bonds is 7. The third kappa shape index (κ3) is 3.18. The molecule has 2 aliphatic carbocycles. The van der Waals surface area contributed by atoms with Gasteiger partial charge in [-0.3, -0.25) is 5.32 Å². The van der Waals surface area contributed by atoms with Crippen molar-refractivity contribution < 1.29 is 18.7 Å². The van der Waals surface area contributed by atoms with E-state index in [1.165, 1.54) is 19.2 Å². The Bertz CT molecular complexity index is 528. The zero-order valence-corrected chi connectivity index (χ0v) is 12.1. The van der Waals surface area contributed by atoms with Crippen LogP contribution in [-0.2, 0) is 9.53 Å². The van der Waals surface area contributed by atoms with E-state index in [4.69, 9.17) is 9.47 Å². The number of benzene rings is 1. The lowest BCUT2D eigenvalue weighted by molar-refractivity contribution is -0.151. The van der Waals surface area contributed by atoms with Crippen LogP contribution in [0.3, 0.4) is 0 Å². The number of hydrogen-bond donors (Lipinski definition) is 1. The van der Waals surface area contributed by atoms with Crippen molar-refractivity contribution in [2.45, 2.75) is 37.3 Å². The van der Waals surface area contributed by atoms with Crippen LogP contribution < -0.4 is 10.1 Å². The smallest absolute Gasteiger partial charge is 0.329 e. The first-order valence-electron chi connectivity index (χ1n) is 7.38. The van der Waals surface area contributed by atoms with Gasteiger partial charge < -0.3 is 9.47 Å². The van der Waals surface area contributed by atoms with Gasteiger partial charge in [0, 0.05) is 12.1 Å². The normalized spacial score (nSPS) is 20.7. The summed E-state index contributed by atoms with van der Waals surface area (Å²) in [6.07, 6.45) is 4.12. The molecule has 5 heteroatoms. The Hall–Kier alpha value is -1.62. The highest BCUT2D eigenvalue weighted by Gasteiger charge is 2.54. The SMILES string of the molecule is COC(=O)C(COc1cccc(F)c1)(NC1CC1)C1CC1. The summed E-state index contributed by atoms with van der Waals surface area (Å²) >= 11 is 0. The molecule has 0 spiro atoms. The van der Waals surface area contributed by atoms with Crippen molar-refractivity contribution in [3.8, 4) is 5.75 Å². The fourth-order valence-corrected chi connectivity index (χ4v) is 2.67. The van der Waals surface area contributed by atoms with Crippen molar-refractivity contribution in [1.29, 1.82) is 0 Å². The molecule has 4 nitrogen and oxygen atoms in total. The molecule has 3 rings (SSSR count). The lowest BCUT2D eigenvalue weighted by atomic mass is 9.93. The standard InChI is InChI=1S/C16H20FNO3/c1-20-15(19)16(11-5-6-11,18-13-7-8-13)10-21-14-4-2-3-12(17)9-14/h2-4,9,11,13,18H,5-8,10H2,1H3. The lowest BCUT2D eigenvalue weighted by Crippen LogP contribution is -2.59. The molecular weight excluding hydrogens is 273 g/mol. The number of nitrogens with one attached hydrogen (secondary N) is 1. The van der Waals surface area contributed by atoms with E-state index >= 15 is 0 Å². The zero-order valence-electron chi connectivity index (χ0n) is 12.1. The second kappa shape index (κ2) is 5.64. The van der Waals surface area contributed by atoms with Gasteiger partial charge in [0.25, 0.3) is 0 Å². The second-order valence-corrected chi connectivity index (χ2v) is 5.90. The maximum absolute atomic E-state index is 13.2. The number of carbonyl (C=O) groups is 1. The molecule has 0 saturated heterocycles. The van der Waals surface area contributed by atoms with Crippen LogP contribution >= 0.6 is 0 Å². The van der Waals surface area contributed by atoms with Gasteiger partial charge in [-0.15, -0.1) is 0 Å². The first-order chi connectivity index (χ1) is 10.1. The first-order valence-corrected chi connectivity index (χ1v) is 7.38. The van der Waals surface area contributed by atoms with Gasteiger partial charge in [-0.25, -0.2) is 9.18 Å². The molecule has 0 aromatic heterocycles. The number of carbonyl (C=O) groups excluding carboxylic acids is 1. The Morgan fingerprint density at radius 2 is 2.14 bits per heavy atom. The minimum absolute atomic E-state index is 0.171. The fraction of sp³-hybridized carbons (Fsp3) is 0.562. The van der Waals surface area contributed by atoms with Gasteiger partial charge in [0.15, 0.2) is 5.54 Å². The third-order valence-corrected chi connectivity index (χ3v) is 4.13. The molecule has 0 heterocycles. The van der Waals surface area contributed by atoms with E-state index in [1.54, 1.807) is 12.1 Å². The monoisotopic (exact) mass is 293 g/mol. The Morgan fingerprint density at radius 1 is 1.38 bits per heavy atom. The summed E-state index contributed by atoms with van der Waals surface area (Å²) in [6, 6.07) is 6.33. The average Bonchev–Trinajstić information content (AvgIpc) is 3.36. The average molecular weight is 293 g/mol. The fourth-order valence-electron chi connectivity index (χ4n) is 2.67. The summed E-state index contributed by atoms with van der Waals surface area (Å²) in [5.41, 5.74) is -0.803. The van der Waals surface area contributed by atoms with Crippen molar-refractivity contribution in [2.24, 2.45) is 5.92 Å². The van der Waals surface area contributed by atoms with E-state index in [0.717, 1.165) is 25.7 Å². The van der Waals surface area contributed by atoms with Crippen molar-refractivity contribution in [1.82, 2.24) is 5.32 Å². The van der Waals surface area contributed by atoms with Crippen LogP contribution in [0.15, 0.2) is 24.3 Å². The maximum atomic E-state index is 13.2. The summed E-state index contributed by atoms with van der Waals surface area (Å²) in [4.78, 5) is 12.3. The molecule has 0 aliphatic heterocycles. The number of halogens is 1. The minimum atomic E-state index is -0.803. The minimum Gasteiger partial charge on any atom is -0.491 e.